The lowest BCUT2D eigenvalue weighted by Gasteiger charge is -2.11. The zero-order valence-electron chi connectivity index (χ0n) is 5.75. The van der Waals surface area contributed by atoms with Gasteiger partial charge in [-0.1, -0.05) is 6.08 Å². The van der Waals surface area contributed by atoms with Gasteiger partial charge in [-0.2, -0.15) is 0 Å². The van der Waals surface area contributed by atoms with Gasteiger partial charge < -0.3 is 9.88 Å². The van der Waals surface area contributed by atoms with Crippen molar-refractivity contribution in [1.29, 1.82) is 0 Å². The molecule has 0 fully saturated rings. The Morgan fingerprint density at radius 2 is 2.50 bits per heavy atom. The Bertz CT molecular complexity index is 223. The van der Waals surface area contributed by atoms with Crippen LogP contribution < -0.4 is 4.90 Å². The van der Waals surface area contributed by atoms with E-state index in [0.717, 1.165) is 6.54 Å². The highest BCUT2D eigenvalue weighted by molar-refractivity contribution is 5.43. The minimum absolute atomic E-state index is 1.11. The molecule has 52 valence electrons. The Morgan fingerprint density at radius 3 is 3.10 bits per heavy atom. The molecule has 0 atom stereocenters. The third-order valence-electron chi connectivity index (χ3n) is 1.71. The second-order valence-corrected chi connectivity index (χ2v) is 2.42. The number of hydrogen-bond acceptors (Lipinski definition) is 1. The van der Waals surface area contributed by atoms with Crippen LogP contribution in [0.2, 0.25) is 0 Å². The summed E-state index contributed by atoms with van der Waals surface area (Å²) in [6, 6.07) is 4.09. The Balaban J connectivity index is 2.20. The van der Waals surface area contributed by atoms with Crippen LogP contribution in [0.3, 0.4) is 0 Å². The molecule has 0 radical (unpaired) electrons. The number of rotatable bonds is 1. The van der Waals surface area contributed by atoms with Gasteiger partial charge in [0.25, 0.3) is 0 Å². The standard InChI is InChI=1S/C8H10N2/c1-2-7-10(6-1)8-4-3-5-9-8/h1,3-6,9H,2,7H2. The van der Waals surface area contributed by atoms with Gasteiger partial charge >= 0.3 is 0 Å². The molecule has 2 nitrogen and oxygen atoms in total. The maximum atomic E-state index is 3.15. The summed E-state index contributed by atoms with van der Waals surface area (Å²) >= 11 is 0. The molecular weight excluding hydrogens is 124 g/mol. The van der Waals surface area contributed by atoms with Crippen molar-refractivity contribution in [3.05, 3.63) is 30.6 Å². The molecule has 1 N–H and O–H groups in total. The molecule has 0 spiro atoms. The van der Waals surface area contributed by atoms with E-state index >= 15 is 0 Å². The van der Waals surface area contributed by atoms with Crippen molar-refractivity contribution in [1.82, 2.24) is 4.98 Å². The van der Waals surface area contributed by atoms with Crippen molar-refractivity contribution in [2.24, 2.45) is 0 Å². The van der Waals surface area contributed by atoms with Crippen LogP contribution in [-0.4, -0.2) is 11.5 Å². The summed E-state index contributed by atoms with van der Waals surface area (Å²) in [5, 5.41) is 0. The number of nitrogens with zero attached hydrogens (tertiary/aromatic N) is 1. The second-order valence-electron chi connectivity index (χ2n) is 2.42. The number of aromatic nitrogens is 1. The third-order valence-corrected chi connectivity index (χ3v) is 1.71. The van der Waals surface area contributed by atoms with Crippen LogP contribution in [0, 0.1) is 0 Å². The Hall–Kier alpha value is -1.18. The highest BCUT2D eigenvalue weighted by Gasteiger charge is 2.05. The first-order chi connectivity index (χ1) is 4.97. The predicted molar refractivity (Wildman–Crippen MR) is 41.9 cm³/mol. The van der Waals surface area contributed by atoms with Gasteiger partial charge in [0.1, 0.15) is 5.82 Å². The number of H-pyrrole nitrogens is 1. The van der Waals surface area contributed by atoms with Gasteiger partial charge in [-0.05, 0) is 18.6 Å². The fraction of sp³-hybridized carbons (Fsp3) is 0.250. The summed E-state index contributed by atoms with van der Waals surface area (Å²) < 4.78 is 0. The van der Waals surface area contributed by atoms with Crippen molar-refractivity contribution >= 4 is 5.82 Å². The summed E-state index contributed by atoms with van der Waals surface area (Å²) in [7, 11) is 0. The van der Waals surface area contributed by atoms with E-state index in [1.54, 1.807) is 0 Å². The summed E-state index contributed by atoms with van der Waals surface area (Å²) in [6.07, 6.45) is 7.41. The van der Waals surface area contributed by atoms with Crippen molar-refractivity contribution in [2.75, 3.05) is 11.4 Å². The highest BCUT2D eigenvalue weighted by atomic mass is 15.2. The Labute approximate surface area is 60.2 Å². The lowest BCUT2D eigenvalue weighted by atomic mass is 10.5. The van der Waals surface area contributed by atoms with Crippen LogP contribution in [0.4, 0.5) is 5.82 Å². The first-order valence-corrected chi connectivity index (χ1v) is 3.53. The van der Waals surface area contributed by atoms with Crippen molar-refractivity contribution in [2.45, 2.75) is 6.42 Å². The molecule has 0 saturated heterocycles. The van der Waals surface area contributed by atoms with E-state index < -0.39 is 0 Å². The van der Waals surface area contributed by atoms with Gasteiger partial charge in [-0.15, -0.1) is 0 Å². The van der Waals surface area contributed by atoms with Crippen LogP contribution in [0.5, 0.6) is 0 Å². The maximum Gasteiger partial charge on any atom is 0.109 e. The first-order valence-electron chi connectivity index (χ1n) is 3.53. The van der Waals surface area contributed by atoms with Gasteiger partial charge in [0.2, 0.25) is 0 Å². The summed E-state index contributed by atoms with van der Waals surface area (Å²) in [6.45, 7) is 1.11. The second kappa shape index (κ2) is 2.21. The Kier molecular flexibility index (Phi) is 1.24. The van der Waals surface area contributed by atoms with E-state index in [0.29, 0.717) is 0 Å². The van der Waals surface area contributed by atoms with E-state index in [1.165, 1.54) is 12.2 Å². The molecule has 0 amide bonds. The number of nitrogens with one attached hydrogen (secondary N) is 1. The van der Waals surface area contributed by atoms with Gasteiger partial charge in [0.15, 0.2) is 0 Å². The number of anilines is 1. The fourth-order valence-corrected chi connectivity index (χ4v) is 1.19. The zero-order valence-corrected chi connectivity index (χ0v) is 5.75. The van der Waals surface area contributed by atoms with Crippen LogP contribution in [0.1, 0.15) is 6.42 Å². The molecule has 1 aromatic heterocycles. The Morgan fingerprint density at radius 1 is 1.50 bits per heavy atom. The molecule has 2 heteroatoms. The first kappa shape index (κ1) is 5.59. The quantitative estimate of drug-likeness (QED) is 0.619. The summed E-state index contributed by atoms with van der Waals surface area (Å²) in [4.78, 5) is 5.36. The molecule has 2 rings (SSSR count). The molecule has 10 heavy (non-hydrogen) atoms. The SMILES string of the molecule is C1=CN(c2ccc[nH]2)CC1. The highest BCUT2D eigenvalue weighted by Crippen LogP contribution is 2.14. The van der Waals surface area contributed by atoms with Gasteiger partial charge in [0.05, 0.1) is 0 Å². The lowest BCUT2D eigenvalue weighted by molar-refractivity contribution is 0.980. The van der Waals surface area contributed by atoms with E-state index in [-0.39, 0.29) is 0 Å². The normalized spacial score (nSPS) is 16.6. The van der Waals surface area contributed by atoms with E-state index in [1.807, 2.05) is 12.3 Å². The topological polar surface area (TPSA) is 19.0 Å². The van der Waals surface area contributed by atoms with Gasteiger partial charge in [0, 0.05) is 18.9 Å². The molecule has 1 aliphatic heterocycles. The van der Waals surface area contributed by atoms with Crippen molar-refractivity contribution in [3.8, 4) is 0 Å². The maximum absolute atomic E-state index is 3.15. The average Bonchev–Trinajstić information content (AvgIpc) is 2.59. The fourth-order valence-electron chi connectivity index (χ4n) is 1.19. The molecule has 0 unspecified atom stereocenters. The minimum atomic E-state index is 1.11. The van der Waals surface area contributed by atoms with Crippen LogP contribution in [0.15, 0.2) is 30.6 Å². The molecular formula is C8H10N2. The molecule has 1 aliphatic rings. The molecule has 0 saturated carbocycles. The lowest BCUT2D eigenvalue weighted by Crippen LogP contribution is -2.11. The minimum Gasteiger partial charge on any atom is -0.348 e. The van der Waals surface area contributed by atoms with Gasteiger partial charge in [-0.3, -0.25) is 0 Å². The number of hydrogen-bond donors (Lipinski definition) is 1. The van der Waals surface area contributed by atoms with E-state index in [9.17, 15) is 0 Å². The van der Waals surface area contributed by atoms with Crippen molar-refractivity contribution in [3.63, 3.8) is 0 Å². The average molecular weight is 134 g/mol. The molecule has 0 aliphatic carbocycles. The largest absolute Gasteiger partial charge is 0.348 e. The van der Waals surface area contributed by atoms with Crippen LogP contribution >= 0.6 is 0 Å². The summed E-state index contributed by atoms with van der Waals surface area (Å²) in [5.41, 5.74) is 0. The van der Waals surface area contributed by atoms with E-state index in [4.69, 9.17) is 0 Å². The van der Waals surface area contributed by atoms with Crippen LogP contribution in [0.25, 0.3) is 0 Å². The third kappa shape index (κ3) is 0.817. The molecule has 1 aromatic rings. The number of aromatic amines is 1. The monoisotopic (exact) mass is 134 g/mol. The van der Waals surface area contributed by atoms with Gasteiger partial charge in [-0.25, -0.2) is 0 Å². The molecule has 2 heterocycles. The summed E-state index contributed by atoms with van der Waals surface area (Å²) in [5.74, 6) is 1.19. The molecule has 0 aromatic carbocycles. The molecule has 0 bridgehead atoms. The van der Waals surface area contributed by atoms with Crippen molar-refractivity contribution < 1.29 is 0 Å². The zero-order chi connectivity index (χ0) is 6.81. The predicted octanol–water partition coefficient (Wildman–Crippen LogP) is 1.74. The van der Waals surface area contributed by atoms with E-state index in [2.05, 4.69) is 28.2 Å². The van der Waals surface area contributed by atoms with Crippen LogP contribution in [-0.2, 0) is 0 Å². The smallest absolute Gasteiger partial charge is 0.109 e.